The van der Waals surface area contributed by atoms with Crippen molar-refractivity contribution in [2.75, 3.05) is 12.8 Å². The van der Waals surface area contributed by atoms with E-state index in [1.54, 1.807) is 7.11 Å². The maximum absolute atomic E-state index is 5.77. The van der Waals surface area contributed by atoms with Gasteiger partial charge in [0.05, 0.1) is 7.11 Å². The van der Waals surface area contributed by atoms with Crippen LogP contribution in [-0.4, -0.2) is 11.7 Å². The molecular formula is C16H15BrN2O. The maximum Gasteiger partial charge on any atom is 0.119 e. The van der Waals surface area contributed by atoms with Gasteiger partial charge in [-0.2, -0.15) is 0 Å². The topological polar surface area (TPSA) is 40.2 Å². The Morgan fingerprint density at radius 2 is 2.00 bits per heavy atom. The molecule has 0 spiro atoms. The molecule has 0 atom stereocenters. The lowest BCUT2D eigenvalue weighted by Crippen LogP contribution is -1.99. The average molecular weight is 331 g/mol. The summed E-state index contributed by atoms with van der Waals surface area (Å²) in [5, 5.41) is 1.18. The molecule has 3 rings (SSSR count). The molecule has 3 nitrogen and oxygen atoms in total. The van der Waals surface area contributed by atoms with Gasteiger partial charge >= 0.3 is 0 Å². The van der Waals surface area contributed by atoms with Crippen molar-refractivity contribution in [1.82, 2.24) is 4.57 Å². The number of aromatic nitrogens is 1. The van der Waals surface area contributed by atoms with Crippen LogP contribution in [-0.2, 0) is 6.54 Å². The SMILES string of the molecule is COc1ccc2c(ccn2Cc2ccc(N)cc2Br)c1. The van der Waals surface area contributed by atoms with E-state index in [-0.39, 0.29) is 0 Å². The molecule has 0 aliphatic rings. The summed E-state index contributed by atoms with van der Waals surface area (Å²) < 4.78 is 8.50. The molecule has 20 heavy (non-hydrogen) atoms. The van der Waals surface area contributed by atoms with Crippen LogP contribution >= 0.6 is 15.9 Å². The van der Waals surface area contributed by atoms with E-state index < -0.39 is 0 Å². The molecule has 0 amide bonds. The summed E-state index contributed by atoms with van der Waals surface area (Å²) in [6.45, 7) is 0.802. The molecule has 1 heterocycles. The Balaban J connectivity index is 1.98. The van der Waals surface area contributed by atoms with Gasteiger partial charge in [-0.1, -0.05) is 22.0 Å². The fourth-order valence-corrected chi connectivity index (χ4v) is 2.84. The molecule has 0 radical (unpaired) electrons. The summed E-state index contributed by atoms with van der Waals surface area (Å²) in [5.41, 5.74) is 8.93. The van der Waals surface area contributed by atoms with Crippen LogP contribution in [0.5, 0.6) is 5.75 Å². The molecule has 0 saturated carbocycles. The Morgan fingerprint density at radius 3 is 2.75 bits per heavy atom. The van der Waals surface area contributed by atoms with Crippen molar-refractivity contribution in [2.45, 2.75) is 6.54 Å². The molecule has 4 heteroatoms. The maximum atomic E-state index is 5.77. The lowest BCUT2D eigenvalue weighted by atomic mass is 10.2. The highest BCUT2D eigenvalue weighted by Crippen LogP contribution is 2.25. The summed E-state index contributed by atoms with van der Waals surface area (Å²) in [7, 11) is 1.68. The third-order valence-electron chi connectivity index (χ3n) is 3.40. The van der Waals surface area contributed by atoms with Crippen LogP contribution in [0.1, 0.15) is 5.56 Å². The van der Waals surface area contributed by atoms with Crippen molar-refractivity contribution in [3.8, 4) is 5.75 Å². The van der Waals surface area contributed by atoms with Crippen molar-refractivity contribution in [3.05, 3.63) is 58.7 Å². The van der Waals surface area contributed by atoms with Crippen LogP contribution in [0.4, 0.5) is 5.69 Å². The van der Waals surface area contributed by atoms with Gasteiger partial charge in [0.25, 0.3) is 0 Å². The molecule has 3 aromatic rings. The van der Waals surface area contributed by atoms with Gasteiger partial charge in [0.2, 0.25) is 0 Å². The predicted octanol–water partition coefficient (Wildman–Crippen LogP) is 4.04. The molecule has 0 unspecified atom stereocenters. The third kappa shape index (κ3) is 2.39. The van der Waals surface area contributed by atoms with Crippen LogP contribution in [0.2, 0.25) is 0 Å². The molecule has 2 aromatic carbocycles. The van der Waals surface area contributed by atoms with Crippen molar-refractivity contribution >= 4 is 32.5 Å². The van der Waals surface area contributed by atoms with Gasteiger partial charge in [-0.15, -0.1) is 0 Å². The zero-order valence-corrected chi connectivity index (χ0v) is 12.7. The van der Waals surface area contributed by atoms with Gasteiger partial charge in [0.1, 0.15) is 5.75 Å². The van der Waals surface area contributed by atoms with Gasteiger partial charge in [-0.25, -0.2) is 0 Å². The number of hydrogen-bond acceptors (Lipinski definition) is 2. The van der Waals surface area contributed by atoms with Crippen LogP contribution < -0.4 is 10.5 Å². The number of nitrogens with zero attached hydrogens (tertiary/aromatic N) is 1. The normalized spacial score (nSPS) is 10.9. The Bertz CT molecular complexity index is 764. The minimum absolute atomic E-state index is 0.766. The van der Waals surface area contributed by atoms with E-state index in [9.17, 15) is 0 Å². The lowest BCUT2D eigenvalue weighted by molar-refractivity contribution is 0.415. The summed E-state index contributed by atoms with van der Waals surface area (Å²) >= 11 is 3.57. The number of fused-ring (bicyclic) bond motifs is 1. The lowest BCUT2D eigenvalue weighted by Gasteiger charge is -2.09. The fraction of sp³-hybridized carbons (Fsp3) is 0.125. The number of nitrogen functional groups attached to an aromatic ring is 1. The standard InChI is InChI=1S/C16H15BrN2O/c1-20-14-4-5-16-11(8-14)6-7-19(16)10-12-2-3-13(18)9-15(12)17/h2-9H,10,18H2,1H3. The van der Waals surface area contributed by atoms with Gasteiger partial charge in [-0.3, -0.25) is 0 Å². The van der Waals surface area contributed by atoms with E-state index in [4.69, 9.17) is 10.5 Å². The molecule has 0 bridgehead atoms. The Labute approximate surface area is 126 Å². The van der Waals surface area contributed by atoms with E-state index in [1.807, 2.05) is 24.3 Å². The zero-order valence-electron chi connectivity index (χ0n) is 11.1. The molecule has 0 aliphatic heterocycles. The van der Waals surface area contributed by atoms with Crippen molar-refractivity contribution in [3.63, 3.8) is 0 Å². The van der Waals surface area contributed by atoms with E-state index >= 15 is 0 Å². The highest BCUT2D eigenvalue weighted by atomic mass is 79.9. The second kappa shape index (κ2) is 5.21. The molecule has 2 N–H and O–H groups in total. The molecule has 1 aromatic heterocycles. The fourth-order valence-electron chi connectivity index (χ4n) is 2.32. The monoisotopic (exact) mass is 330 g/mol. The molecule has 0 aliphatic carbocycles. The van der Waals surface area contributed by atoms with Crippen molar-refractivity contribution < 1.29 is 4.74 Å². The predicted molar refractivity (Wildman–Crippen MR) is 86.1 cm³/mol. The first-order chi connectivity index (χ1) is 9.67. The number of halogens is 1. The number of rotatable bonds is 3. The first-order valence-corrected chi connectivity index (χ1v) is 7.13. The van der Waals surface area contributed by atoms with E-state index in [1.165, 1.54) is 16.5 Å². The van der Waals surface area contributed by atoms with E-state index in [2.05, 4.69) is 44.9 Å². The molecule has 0 saturated heterocycles. The number of anilines is 1. The Morgan fingerprint density at radius 1 is 1.15 bits per heavy atom. The van der Waals surface area contributed by atoms with Crippen LogP contribution in [0.15, 0.2) is 53.1 Å². The van der Waals surface area contributed by atoms with Crippen molar-refractivity contribution in [1.29, 1.82) is 0 Å². The highest BCUT2D eigenvalue weighted by molar-refractivity contribution is 9.10. The van der Waals surface area contributed by atoms with E-state index in [0.29, 0.717) is 0 Å². The second-order valence-corrected chi connectivity index (χ2v) is 5.57. The highest BCUT2D eigenvalue weighted by Gasteiger charge is 2.06. The minimum atomic E-state index is 0.766. The molecule has 0 fully saturated rings. The van der Waals surface area contributed by atoms with Gasteiger partial charge in [-0.05, 0) is 42.0 Å². The summed E-state index contributed by atoms with van der Waals surface area (Å²) in [6.07, 6.45) is 2.09. The largest absolute Gasteiger partial charge is 0.497 e. The van der Waals surface area contributed by atoms with Crippen molar-refractivity contribution in [2.24, 2.45) is 0 Å². The number of ether oxygens (including phenoxy) is 1. The number of benzene rings is 2. The van der Waals surface area contributed by atoms with Crippen LogP contribution in [0.25, 0.3) is 10.9 Å². The number of nitrogens with two attached hydrogens (primary N) is 1. The summed E-state index contributed by atoms with van der Waals surface area (Å²) in [6, 6.07) is 14.1. The third-order valence-corrected chi connectivity index (χ3v) is 4.13. The zero-order chi connectivity index (χ0) is 14.1. The average Bonchev–Trinajstić information content (AvgIpc) is 2.84. The van der Waals surface area contributed by atoms with Gasteiger partial charge in [0, 0.05) is 33.8 Å². The second-order valence-electron chi connectivity index (χ2n) is 4.72. The van der Waals surface area contributed by atoms with Crippen LogP contribution in [0.3, 0.4) is 0 Å². The Hall–Kier alpha value is -1.94. The smallest absolute Gasteiger partial charge is 0.119 e. The first-order valence-electron chi connectivity index (χ1n) is 6.34. The molecule has 102 valence electrons. The van der Waals surface area contributed by atoms with Gasteiger partial charge in [0.15, 0.2) is 0 Å². The summed E-state index contributed by atoms with van der Waals surface area (Å²) in [4.78, 5) is 0. The summed E-state index contributed by atoms with van der Waals surface area (Å²) in [5.74, 6) is 0.879. The quantitative estimate of drug-likeness (QED) is 0.736. The first kappa shape index (κ1) is 13.1. The number of methoxy groups -OCH3 is 1. The van der Waals surface area contributed by atoms with E-state index in [0.717, 1.165) is 22.5 Å². The Kier molecular flexibility index (Phi) is 3.40. The minimum Gasteiger partial charge on any atom is -0.497 e. The van der Waals surface area contributed by atoms with Gasteiger partial charge < -0.3 is 15.0 Å². The molecular weight excluding hydrogens is 316 g/mol. The van der Waals surface area contributed by atoms with Crippen LogP contribution in [0, 0.1) is 0 Å². The number of hydrogen-bond donors (Lipinski definition) is 1.